The molecule has 0 spiro atoms. The number of nitrogens with two attached hydrogens (primary N) is 1. The highest BCUT2D eigenvalue weighted by molar-refractivity contribution is 7.80. The first-order chi connectivity index (χ1) is 11.5. The Kier molecular flexibility index (Phi) is 5.74. The SMILES string of the molecule is COc1cc(/C=N\NC(N)=S)ccc1OCc1ccc(C(=O)[O-])o1. The molecule has 0 aliphatic carbocycles. The maximum Gasteiger partial charge on any atom is 0.184 e. The molecule has 0 fully saturated rings. The zero-order chi connectivity index (χ0) is 17.5. The highest BCUT2D eigenvalue weighted by Gasteiger charge is 2.08. The predicted octanol–water partition coefficient (Wildman–Crippen LogP) is 0.398. The van der Waals surface area contributed by atoms with Gasteiger partial charge >= 0.3 is 0 Å². The maximum atomic E-state index is 10.7. The van der Waals surface area contributed by atoms with E-state index in [1.54, 1.807) is 18.2 Å². The van der Waals surface area contributed by atoms with Crippen molar-refractivity contribution in [1.29, 1.82) is 0 Å². The number of hydrazone groups is 1. The molecule has 2 aromatic rings. The van der Waals surface area contributed by atoms with Gasteiger partial charge in [-0.2, -0.15) is 5.10 Å². The van der Waals surface area contributed by atoms with E-state index in [1.165, 1.54) is 25.5 Å². The Morgan fingerprint density at radius 2 is 2.21 bits per heavy atom. The third-order valence-electron chi connectivity index (χ3n) is 2.81. The molecule has 1 aromatic heterocycles. The van der Waals surface area contributed by atoms with Crippen LogP contribution in [0.4, 0.5) is 0 Å². The van der Waals surface area contributed by atoms with Crippen LogP contribution in [0.1, 0.15) is 21.9 Å². The number of hydrogen-bond donors (Lipinski definition) is 2. The van der Waals surface area contributed by atoms with Gasteiger partial charge in [-0.05, 0) is 48.1 Å². The molecule has 3 N–H and O–H groups in total. The number of rotatable bonds is 7. The van der Waals surface area contributed by atoms with E-state index in [4.69, 9.17) is 19.6 Å². The number of hydrogen-bond acceptors (Lipinski definition) is 7. The zero-order valence-electron chi connectivity index (χ0n) is 12.6. The van der Waals surface area contributed by atoms with E-state index in [0.29, 0.717) is 17.3 Å². The average Bonchev–Trinajstić information content (AvgIpc) is 3.02. The lowest BCUT2D eigenvalue weighted by atomic mass is 10.2. The summed E-state index contributed by atoms with van der Waals surface area (Å²) in [5.74, 6) is -0.350. The van der Waals surface area contributed by atoms with Crippen molar-refractivity contribution in [2.75, 3.05) is 7.11 Å². The lowest BCUT2D eigenvalue weighted by Crippen LogP contribution is -2.23. The fraction of sp³-hybridized carbons (Fsp3) is 0.133. The number of ether oxygens (including phenoxy) is 2. The van der Waals surface area contributed by atoms with Crippen LogP contribution < -0.4 is 25.7 Å². The Bertz CT molecular complexity index is 772. The van der Waals surface area contributed by atoms with E-state index in [9.17, 15) is 9.90 Å². The van der Waals surface area contributed by atoms with Crippen molar-refractivity contribution in [2.24, 2.45) is 10.8 Å². The molecular formula is C15H14N3O5S-. The van der Waals surface area contributed by atoms with E-state index in [1.807, 2.05) is 0 Å². The number of thiocarbonyl (C=S) groups is 1. The zero-order valence-corrected chi connectivity index (χ0v) is 13.5. The quantitative estimate of drug-likeness (QED) is 0.419. The van der Waals surface area contributed by atoms with Crippen LogP contribution in [-0.2, 0) is 6.61 Å². The first-order valence-electron chi connectivity index (χ1n) is 6.69. The van der Waals surface area contributed by atoms with Crippen LogP contribution in [0.15, 0.2) is 39.9 Å². The van der Waals surface area contributed by atoms with E-state index < -0.39 is 5.97 Å². The average molecular weight is 348 g/mol. The van der Waals surface area contributed by atoms with Gasteiger partial charge in [0.15, 0.2) is 16.6 Å². The van der Waals surface area contributed by atoms with Crippen LogP contribution in [0.3, 0.4) is 0 Å². The molecule has 0 amide bonds. The first-order valence-corrected chi connectivity index (χ1v) is 7.10. The van der Waals surface area contributed by atoms with Crippen LogP contribution in [0.25, 0.3) is 0 Å². The number of aromatic carboxylic acids is 1. The van der Waals surface area contributed by atoms with Crippen LogP contribution in [0.2, 0.25) is 0 Å². The number of carbonyl (C=O) groups is 1. The summed E-state index contributed by atoms with van der Waals surface area (Å²) in [5.41, 5.74) is 8.45. The summed E-state index contributed by atoms with van der Waals surface area (Å²) in [6.07, 6.45) is 1.52. The van der Waals surface area contributed by atoms with Crippen molar-refractivity contribution in [2.45, 2.75) is 6.61 Å². The minimum atomic E-state index is -1.38. The highest BCUT2D eigenvalue weighted by atomic mass is 32.1. The molecule has 0 saturated heterocycles. The third kappa shape index (κ3) is 4.71. The second kappa shape index (κ2) is 7.97. The summed E-state index contributed by atoms with van der Waals surface area (Å²) in [5, 5.41) is 14.6. The monoisotopic (exact) mass is 348 g/mol. The number of carboxylic acids is 1. The fourth-order valence-electron chi connectivity index (χ4n) is 1.77. The smallest absolute Gasteiger partial charge is 0.184 e. The van der Waals surface area contributed by atoms with Gasteiger partial charge < -0.3 is 29.5 Å². The van der Waals surface area contributed by atoms with Crippen LogP contribution >= 0.6 is 12.2 Å². The molecule has 1 aromatic carbocycles. The minimum Gasteiger partial charge on any atom is -0.542 e. The molecule has 0 bridgehead atoms. The van der Waals surface area contributed by atoms with Crippen molar-refractivity contribution < 1.29 is 23.8 Å². The first kappa shape index (κ1) is 17.3. The molecule has 9 heteroatoms. The summed E-state index contributed by atoms with van der Waals surface area (Å²) >= 11 is 4.64. The Morgan fingerprint density at radius 1 is 1.42 bits per heavy atom. The summed E-state index contributed by atoms with van der Waals surface area (Å²) in [7, 11) is 1.50. The summed E-state index contributed by atoms with van der Waals surface area (Å²) < 4.78 is 15.9. The molecule has 2 rings (SSSR count). The molecule has 0 saturated carbocycles. The van der Waals surface area contributed by atoms with Crippen molar-refractivity contribution in [3.05, 3.63) is 47.4 Å². The van der Waals surface area contributed by atoms with Gasteiger partial charge in [-0.15, -0.1) is 0 Å². The molecular weight excluding hydrogens is 334 g/mol. The molecule has 0 atom stereocenters. The molecule has 8 nitrogen and oxygen atoms in total. The summed E-state index contributed by atoms with van der Waals surface area (Å²) in [6.45, 7) is 0.0417. The fourth-order valence-corrected chi connectivity index (χ4v) is 1.82. The number of nitrogens with one attached hydrogen (secondary N) is 1. The standard InChI is InChI=1S/C15H15N3O5S/c1-21-13-6-9(7-17-18-15(16)24)2-4-11(13)22-8-10-3-5-12(23-10)14(19)20/h2-7H,8H2,1H3,(H,19,20)(H3,16,18,24)/p-1/b17-7-. The second-order valence-electron chi connectivity index (χ2n) is 4.49. The van der Waals surface area contributed by atoms with Gasteiger partial charge in [-0.3, -0.25) is 5.43 Å². The highest BCUT2D eigenvalue weighted by Crippen LogP contribution is 2.28. The van der Waals surface area contributed by atoms with Crippen molar-refractivity contribution >= 4 is 29.5 Å². The van der Waals surface area contributed by atoms with E-state index >= 15 is 0 Å². The molecule has 126 valence electrons. The molecule has 0 radical (unpaired) electrons. The molecule has 0 aliphatic heterocycles. The molecule has 0 unspecified atom stereocenters. The largest absolute Gasteiger partial charge is 0.542 e. The third-order valence-corrected chi connectivity index (χ3v) is 2.90. The van der Waals surface area contributed by atoms with E-state index in [0.717, 1.165) is 5.56 Å². The Labute approximate surface area is 142 Å². The van der Waals surface area contributed by atoms with Gasteiger partial charge in [-0.25, -0.2) is 0 Å². The topological polar surface area (TPSA) is 122 Å². The second-order valence-corrected chi connectivity index (χ2v) is 4.93. The molecule has 24 heavy (non-hydrogen) atoms. The Morgan fingerprint density at radius 3 is 2.83 bits per heavy atom. The van der Waals surface area contributed by atoms with E-state index in [-0.39, 0.29) is 17.5 Å². The lowest BCUT2D eigenvalue weighted by molar-refractivity contribution is -0.257. The van der Waals surface area contributed by atoms with Gasteiger partial charge in [-0.1, -0.05) is 0 Å². The van der Waals surface area contributed by atoms with Gasteiger partial charge in [0.05, 0.1) is 13.3 Å². The van der Waals surface area contributed by atoms with Gasteiger partial charge in [0.2, 0.25) is 0 Å². The number of methoxy groups -OCH3 is 1. The number of furan rings is 1. The van der Waals surface area contributed by atoms with Crippen LogP contribution in [0.5, 0.6) is 11.5 Å². The number of benzene rings is 1. The predicted molar refractivity (Wildman–Crippen MR) is 87.9 cm³/mol. The van der Waals surface area contributed by atoms with Crippen LogP contribution in [0, 0.1) is 0 Å². The normalized spacial score (nSPS) is 10.5. The van der Waals surface area contributed by atoms with Gasteiger partial charge in [0, 0.05) is 0 Å². The Hall–Kier alpha value is -3.07. The van der Waals surface area contributed by atoms with Crippen molar-refractivity contribution in [3.63, 3.8) is 0 Å². The lowest BCUT2D eigenvalue weighted by Gasteiger charge is -2.10. The summed E-state index contributed by atoms with van der Waals surface area (Å²) in [6, 6.07) is 7.94. The van der Waals surface area contributed by atoms with Gasteiger partial charge in [0.25, 0.3) is 0 Å². The van der Waals surface area contributed by atoms with E-state index in [2.05, 4.69) is 22.7 Å². The maximum absolute atomic E-state index is 10.7. The number of carboxylic acid groups (broad SMARTS) is 1. The number of nitrogens with zero attached hydrogens (tertiary/aromatic N) is 1. The minimum absolute atomic E-state index is 0.0417. The summed E-state index contributed by atoms with van der Waals surface area (Å²) in [4.78, 5) is 10.7. The number of carbonyl (C=O) groups excluding carboxylic acids is 1. The van der Waals surface area contributed by atoms with Crippen LogP contribution in [-0.4, -0.2) is 24.4 Å². The van der Waals surface area contributed by atoms with Gasteiger partial charge in [0.1, 0.15) is 24.1 Å². The Balaban J connectivity index is 2.05. The van der Waals surface area contributed by atoms with Crippen molar-refractivity contribution in [3.8, 4) is 11.5 Å². The molecule has 0 aliphatic rings. The molecule has 1 heterocycles. The van der Waals surface area contributed by atoms with Crippen molar-refractivity contribution in [1.82, 2.24) is 5.43 Å².